The van der Waals surface area contributed by atoms with Crippen LogP contribution in [-0.2, 0) is 11.3 Å². The summed E-state index contributed by atoms with van der Waals surface area (Å²) in [7, 11) is 1.31. The summed E-state index contributed by atoms with van der Waals surface area (Å²) in [5, 5.41) is 10.1. The predicted octanol–water partition coefficient (Wildman–Crippen LogP) is 4.02. The zero-order valence-electron chi connectivity index (χ0n) is 16.0. The molecule has 0 aliphatic rings. The van der Waals surface area contributed by atoms with Crippen molar-refractivity contribution in [2.75, 3.05) is 18.2 Å². The van der Waals surface area contributed by atoms with Crippen molar-refractivity contribution in [1.29, 1.82) is 5.41 Å². The van der Waals surface area contributed by atoms with E-state index in [4.69, 9.17) is 32.2 Å². The van der Waals surface area contributed by atoms with Gasteiger partial charge in [0, 0.05) is 0 Å². The Bertz CT molecular complexity index is 1120. The fraction of sp³-hybridized carbons (Fsp3) is 0.158. The largest absolute Gasteiger partial charge is 0.485 e. The average molecular weight is 450 g/mol. The number of hydrogen-bond donors (Lipinski definition) is 3. The number of carbonyl (C=O) groups excluding carboxylic acids is 1. The molecule has 0 bridgehead atoms. The first kappa shape index (κ1) is 21.5. The number of anilines is 2. The number of rotatable bonds is 6. The summed E-state index contributed by atoms with van der Waals surface area (Å²) in [5.41, 5.74) is 8.16. The van der Waals surface area contributed by atoms with Crippen LogP contribution >= 0.6 is 22.9 Å². The lowest BCUT2D eigenvalue weighted by Gasteiger charge is -2.13. The van der Waals surface area contributed by atoms with Crippen molar-refractivity contribution in [3.8, 4) is 5.75 Å². The van der Waals surface area contributed by atoms with Crippen LogP contribution in [0.5, 0.6) is 5.75 Å². The monoisotopic (exact) mass is 449 g/mol. The van der Waals surface area contributed by atoms with Gasteiger partial charge in [0.15, 0.2) is 11.6 Å². The second-order valence-corrected chi connectivity index (χ2v) is 7.37. The number of carbonyl (C=O) groups is 1. The highest BCUT2D eigenvalue weighted by Crippen LogP contribution is 2.29. The third-order valence-electron chi connectivity index (χ3n) is 4.11. The Balaban J connectivity index is 1.84. The molecule has 8 nitrogen and oxygen atoms in total. The smallest absolute Gasteiger partial charge is 0.260 e. The molecule has 4 N–H and O–H groups in total. The first-order valence-corrected chi connectivity index (χ1v) is 9.77. The van der Waals surface area contributed by atoms with Crippen molar-refractivity contribution in [1.82, 2.24) is 9.97 Å². The van der Waals surface area contributed by atoms with Crippen molar-refractivity contribution in [3.05, 3.63) is 62.4 Å². The number of pyridine rings is 1. The van der Waals surface area contributed by atoms with Gasteiger partial charge in [0.05, 0.1) is 51.2 Å². The van der Waals surface area contributed by atoms with Gasteiger partial charge >= 0.3 is 0 Å². The van der Waals surface area contributed by atoms with Crippen LogP contribution < -0.4 is 15.8 Å². The second kappa shape index (κ2) is 9.06. The molecule has 156 valence electrons. The molecule has 2 aromatic heterocycles. The van der Waals surface area contributed by atoms with Crippen LogP contribution in [0.15, 0.2) is 29.9 Å². The topological polar surface area (TPSA) is 123 Å². The number of thiazole rings is 1. The molecule has 0 unspecified atom stereocenters. The number of benzene rings is 1. The fourth-order valence-corrected chi connectivity index (χ4v) is 3.41. The van der Waals surface area contributed by atoms with Gasteiger partial charge in [-0.15, -0.1) is 11.3 Å². The number of nitrogens with two attached hydrogens (primary N) is 1. The van der Waals surface area contributed by atoms with Crippen molar-refractivity contribution in [2.24, 2.45) is 0 Å². The van der Waals surface area contributed by atoms with Crippen LogP contribution in [0.1, 0.15) is 26.5 Å². The van der Waals surface area contributed by atoms with E-state index >= 15 is 0 Å². The molecule has 0 spiro atoms. The van der Waals surface area contributed by atoms with E-state index < -0.39 is 11.7 Å². The molecular weight excluding hydrogens is 433 g/mol. The first-order valence-electron chi connectivity index (χ1n) is 8.51. The standard InChI is InChI=1S/C19H17ClFN5O3S/c1-9-14(30-8-25-9)7-29-13-4-3-12(20)15(16(13)21)19(27)26-10-5-11(18(23)28-2)17(22)24-6-10/h3-6,8,23H,7H2,1-2H3,(H2,22,24)(H,26,27). The molecule has 1 aromatic carbocycles. The van der Waals surface area contributed by atoms with E-state index in [1.165, 1.54) is 42.8 Å². The molecule has 0 saturated heterocycles. The van der Waals surface area contributed by atoms with Gasteiger partial charge in [-0.25, -0.2) is 14.4 Å². The van der Waals surface area contributed by atoms with E-state index in [0.29, 0.717) is 0 Å². The summed E-state index contributed by atoms with van der Waals surface area (Å²) in [5.74, 6) is -1.99. The zero-order valence-corrected chi connectivity index (χ0v) is 17.5. The second-order valence-electron chi connectivity index (χ2n) is 6.03. The summed E-state index contributed by atoms with van der Waals surface area (Å²) in [6.45, 7) is 1.94. The molecule has 0 fully saturated rings. The van der Waals surface area contributed by atoms with Crippen LogP contribution in [0.2, 0.25) is 5.02 Å². The molecule has 3 aromatic rings. The first-order chi connectivity index (χ1) is 14.3. The van der Waals surface area contributed by atoms with Crippen LogP contribution in [-0.4, -0.2) is 28.9 Å². The van der Waals surface area contributed by atoms with E-state index in [-0.39, 0.29) is 45.9 Å². The summed E-state index contributed by atoms with van der Waals surface area (Å²) in [6.07, 6.45) is 1.28. The van der Waals surface area contributed by atoms with Crippen molar-refractivity contribution in [3.63, 3.8) is 0 Å². The number of nitrogens with one attached hydrogen (secondary N) is 2. The molecule has 0 aliphatic carbocycles. The SMILES string of the molecule is COC(=N)c1cc(NC(=O)c2c(Cl)ccc(OCc3scnc3C)c2F)cnc1N. The third kappa shape index (κ3) is 4.50. The Morgan fingerprint density at radius 1 is 1.40 bits per heavy atom. The lowest BCUT2D eigenvalue weighted by Crippen LogP contribution is -2.16. The summed E-state index contributed by atoms with van der Waals surface area (Å²) >= 11 is 7.45. The van der Waals surface area contributed by atoms with Gasteiger partial charge in [-0.1, -0.05) is 11.6 Å². The van der Waals surface area contributed by atoms with Crippen LogP contribution in [0, 0.1) is 18.2 Å². The minimum atomic E-state index is -0.893. The fourth-order valence-electron chi connectivity index (χ4n) is 2.49. The Labute approximate surface area is 180 Å². The number of hydrogen-bond acceptors (Lipinski definition) is 8. The molecule has 0 radical (unpaired) electrons. The summed E-state index contributed by atoms with van der Waals surface area (Å²) in [4.78, 5) is 21.6. The summed E-state index contributed by atoms with van der Waals surface area (Å²) in [6, 6.07) is 4.13. The number of nitrogens with zero attached hydrogens (tertiary/aromatic N) is 2. The Morgan fingerprint density at radius 3 is 2.83 bits per heavy atom. The highest BCUT2D eigenvalue weighted by atomic mass is 35.5. The van der Waals surface area contributed by atoms with E-state index in [9.17, 15) is 9.18 Å². The Morgan fingerprint density at radius 2 is 2.17 bits per heavy atom. The third-order valence-corrected chi connectivity index (χ3v) is 5.34. The van der Waals surface area contributed by atoms with Gasteiger partial charge in [0.25, 0.3) is 5.91 Å². The molecule has 3 rings (SSSR count). The molecule has 2 heterocycles. The number of nitrogen functional groups attached to an aromatic ring is 1. The zero-order chi connectivity index (χ0) is 21.8. The number of ether oxygens (including phenoxy) is 2. The van der Waals surface area contributed by atoms with Crippen molar-refractivity contribution < 1.29 is 18.7 Å². The number of aryl methyl sites for hydroxylation is 1. The van der Waals surface area contributed by atoms with Crippen LogP contribution in [0.3, 0.4) is 0 Å². The predicted molar refractivity (Wildman–Crippen MR) is 113 cm³/mol. The van der Waals surface area contributed by atoms with Crippen LogP contribution in [0.4, 0.5) is 15.9 Å². The lowest BCUT2D eigenvalue weighted by atomic mass is 10.1. The van der Waals surface area contributed by atoms with Gasteiger partial charge < -0.3 is 20.5 Å². The van der Waals surface area contributed by atoms with Gasteiger partial charge in [-0.3, -0.25) is 10.2 Å². The number of methoxy groups -OCH3 is 1. The lowest BCUT2D eigenvalue weighted by molar-refractivity contribution is 0.102. The molecule has 0 saturated carbocycles. The van der Waals surface area contributed by atoms with Gasteiger partial charge in [-0.2, -0.15) is 0 Å². The molecule has 11 heteroatoms. The molecule has 0 atom stereocenters. The number of halogens is 2. The quantitative estimate of drug-likeness (QED) is 0.385. The highest BCUT2D eigenvalue weighted by Gasteiger charge is 2.21. The Kier molecular flexibility index (Phi) is 6.48. The van der Waals surface area contributed by atoms with E-state index in [1.807, 2.05) is 6.92 Å². The van der Waals surface area contributed by atoms with Gasteiger partial charge in [-0.05, 0) is 25.1 Å². The molecule has 1 amide bonds. The maximum atomic E-state index is 15.0. The number of aromatic nitrogens is 2. The van der Waals surface area contributed by atoms with Gasteiger partial charge in [0.2, 0.25) is 5.90 Å². The summed E-state index contributed by atoms with van der Waals surface area (Å²) < 4.78 is 25.3. The average Bonchev–Trinajstić information content (AvgIpc) is 3.13. The maximum Gasteiger partial charge on any atom is 0.260 e. The van der Waals surface area contributed by atoms with Gasteiger partial charge in [0.1, 0.15) is 12.4 Å². The van der Waals surface area contributed by atoms with Crippen molar-refractivity contribution in [2.45, 2.75) is 13.5 Å². The molecular formula is C19H17ClFN5O3S. The van der Waals surface area contributed by atoms with E-state index in [2.05, 4.69) is 15.3 Å². The van der Waals surface area contributed by atoms with Crippen LogP contribution in [0.25, 0.3) is 0 Å². The highest BCUT2D eigenvalue weighted by molar-refractivity contribution is 7.09. The van der Waals surface area contributed by atoms with Crippen molar-refractivity contribution >= 4 is 46.2 Å². The minimum Gasteiger partial charge on any atom is -0.485 e. The van der Waals surface area contributed by atoms with E-state index in [1.54, 1.807) is 5.51 Å². The van der Waals surface area contributed by atoms with E-state index in [0.717, 1.165) is 10.6 Å². The minimum absolute atomic E-state index is 0.0535. The number of amides is 1. The normalized spacial score (nSPS) is 10.5. The maximum absolute atomic E-state index is 15.0. The Hall–Kier alpha value is -3.24. The molecule has 0 aliphatic heterocycles. The molecule has 30 heavy (non-hydrogen) atoms.